The number of amides is 1. The fraction of sp³-hybridized carbons (Fsp3) is 0.129. The molecule has 0 saturated heterocycles. The number of pyridine rings is 1. The summed E-state index contributed by atoms with van der Waals surface area (Å²) in [7, 11) is 1.88. The lowest BCUT2D eigenvalue weighted by atomic mass is 9.96. The van der Waals surface area contributed by atoms with Crippen LogP contribution in [0.4, 0.5) is 0 Å². The maximum absolute atomic E-state index is 13.5. The Kier molecular flexibility index (Phi) is 5.78. The lowest BCUT2D eigenvalue weighted by Crippen LogP contribution is -2.27. The monoisotopic (exact) mass is 498 g/mol. The van der Waals surface area contributed by atoms with Gasteiger partial charge in [-0.05, 0) is 43.7 Å². The third-order valence-electron chi connectivity index (χ3n) is 6.68. The summed E-state index contributed by atoms with van der Waals surface area (Å²) < 4.78 is 3.48. The number of aromatic amines is 1. The van der Waals surface area contributed by atoms with E-state index in [0.717, 1.165) is 44.4 Å². The first-order valence-electron chi connectivity index (χ1n) is 12.4. The van der Waals surface area contributed by atoms with Gasteiger partial charge in [-0.2, -0.15) is 10.2 Å². The molecule has 0 unspecified atom stereocenters. The van der Waals surface area contributed by atoms with Crippen LogP contribution >= 0.6 is 0 Å². The van der Waals surface area contributed by atoms with Crippen molar-refractivity contribution in [1.29, 1.82) is 0 Å². The summed E-state index contributed by atoms with van der Waals surface area (Å²) >= 11 is 0. The molecule has 7 heteroatoms. The number of benzene rings is 2. The van der Waals surface area contributed by atoms with Gasteiger partial charge in [0.05, 0.1) is 34.6 Å². The van der Waals surface area contributed by atoms with Crippen molar-refractivity contribution in [2.75, 3.05) is 0 Å². The van der Waals surface area contributed by atoms with Crippen LogP contribution in [0.15, 0.2) is 85.3 Å². The van der Waals surface area contributed by atoms with Crippen LogP contribution in [0.3, 0.4) is 0 Å². The summed E-state index contributed by atoms with van der Waals surface area (Å²) in [6, 6.07) is 21.7. The minimum Gasteiger partial charge on any atom is -0.356 e. The molecule has 38 heavy (non-hydrogen) atoms. The van der Waals surface area contributed by atoms with E-state index in [-0.39, 0.29) is 11.9 Å². The number of hydrogen-bond acceptors (Lipinski definition) is 3. The zero-order chi connectivity index (χ0) is 26.2. The average Bonchev–Trinajstić information content (AvgIpc) is 3.62. The molecule has 0 aliphatic heterocycles. The summed E-state index contributed by atoms with van der Waals surface area (Å²) in [4.78, 5) is 17.1. The highest BCUT2D eigenvalue weighted by atomic mass is 16.1. The zero-order valence-corrected chi connectivity index (χ0v) is 21.4. The van der Waals surface area contributed by atoms with Gasteiger partial charge in [-0.3, -0.25) is 9.48 Å². The van der Waals surface area contributed by atoms with E-state index in [4.69, 9.17) is 0 Å². The number of fused-ring (bicyclic) bond motifs is 2. The number of carbonyl (C=O) groups is 1. The molecular weight excluding hydrogens is 472 g/mol. The first-order chi connectivity index (χ1) is 18.5. The van der Waals surface area contributed by atoms with Crippen LogP contribution in [0.5, 0.6) is 0 Å². The van der Waals surface area contributed by atoms with Gasteiger partial charge >= 0.3 is 0 Å². The van der Waals surface area contributed by atoms with Gasteiger partial charge in [0.25, 0.3) is 5.91 Å². The van der Waals surface area contributed by atoms with Crippen LogP contribution in [-0.4, -0.2) is 30.3 Å². The number of H-pyrrole nitrogens is 1. The van der Waals surface area contributed by atoms with E-state index in [1.54, 1.807) is 15.4 Å². The van der Waals surface area contributed by atoms with Crippen LogP contribution in [0.25, 0.3) is 27.5 Å². The van der Waals surface area contributed by atoms with Crippen molar-refractivity contribution in [2.24, 2.45) is 7.05 Å². The SMILES string of the molecule is Cc1nn2ccccc2c1C(=O)N[C@@H](C)c1[nH]c2cccc(C#Cc3cnn(C)c3)c2c1-c1ccccc1. The Labute approximate surface area is 220 Å². The number of nitrogens with zero attached hydrogens (tertiary/aromatic N) is 4. The molecule has 6 rings (SSSR count). The molecule has 2 aromatic carbocycles. The van der Waals surface area contributed by atoms with Crippen LogP contribution < -0.4 is 5.32 Å². The second-order valence-corrected chi connectivity index (χ2v) is 9.35. The highest BCUT2D eigenvalue weighted by molar-refractivity contribution is 6.04. The van der Waals surface area contributed by atoms with Crippen LogP contribution in [0.2, 0.25) is 0 Å². The number of aromatic nitrogens is 5. The van der Waals surface area contributed by atoms with Gasteiger partial charge in [-0.1, -0.05) is 54.3 Å². The Morgan fingerprint density at radius 1 is 1.03 bits per heavy atom. The molecule has 0 spiro atoms. The molecule has 0 aliphatic rings. The first kappa shape index (κ1) is 23.3. The molecule has 4 aromatic heterocycles. The van der Waals surface area contributed by atoms with Crippen molar-refractivity contribution in [3.05, 3.63) is 113 Å². The van der Waals surface area contributed by atoms with Crippen molar-refractivity contribution < 1.29 is 4.79 Å². The van der Waals surface area contributed by atoms with Gasteiger partial charge < -0.3 is 10.3 Å². The van der Waals surface area contributed by atoms with Crippen LogP contribution in [-0.2, 0) is 7.05 Å². The molecule has 0 bridgehead atoms. The predicted molar refractivity (Wildman–Crippen MR) is 149 cm³/mol. The minimum absolute atomic E-state index is 0.162. The molecule has 4 heterocycles. The van der Waals surface area contributed by atoms with E-state index < -0.39 is 0 Å². The quantitative estimate of drug-likeness (QED) is 0.319. The molecule has 7 nitrogen and oxygen atoms in total. The summed E-state index contributed by atoms with van der Waals surface area (Å²) in [5.74, 6) is 6.43. The maximum atomic E-state index is 13.5. The minimum atomic E-state index is -0.303. The Balaban J connectivity index is 1.45. The lowest BCUT2D eigenvalue weighted by molar-refractivity contribution is 0.0940. The number of aryl methyl sites for hydroxylation is 2. The van der Waals surface area contributed by atoms with E-state index in [2.05, 4.69) is 44.5 Å². The highest BCUT2D eigenvalue weighted by Gasteiger charge is 2.24. The van der Waals surface area contributed by atoms with Gasteiger partial charge in [0.2, 0.25) is 0 Å². The number of carbonyl (C=O) groups excluding carboxylic acids is 1. The normalized spacial score (nSPS) is 11.9. The highest BCUT2D eigenvalue weighted by Crippen LogP contribution is 2.37. The third kappa shape index (κ3) is 4.12. The van der Waals surface area contributed by atoms with Crippen molar-refractivity contribution in [3.63, 3.8) is 0 Å². The molecule has 0 fully saturated rings. The van der Waals surface area contributed by atoms with Crippen molar-refractivity contribution in [1.82, 2.24) is 29.7 Å². The largest absolute Gasteiger partial charge is 0.356 e. The topological polar surface area (TPSA) is 80.0 Å². The Hall–Kier alpha value is -5.09. The van der Waals surface area contributed by atoms with Crippen LogP contribution in [0.1, 0.15) is 45.8 Å². The number of hydrogen-bond donors (Lipinski definition) is 2. The van der Waals surface area contributed by atoms with E-state index in [1.807, 2.05) is 87.9 Å². The molecule has 0 radical (unpaired) electrons. The van der Waals surface area contributed by atoms with Gasteiger partial charge in [0, 0.05) is 47.2 Å². The summed E-state index contributed by atoms with van der Waals surface area (Å²) in [5.41, 5.74) is 7.78. The van der Waals surface area contributed by atoms with Gasteiger partial charge in [0.1, 0.15) is 0 Å². The maximum Gasteiger partial charge on any atom is 0.255 e. The van der Waals surface area contributed by atoms with E-state index in [9.17, 15) is 4.79 Å². The summed E-state index contributed by atoms with van der Waals surface area (Å²) in [6.45, 7) is 3.86. The second kappa shape index (κ2) is 9.41. The number of nitrogens with one attached hydrogen (secondary N) is 2. The average molecular weight is 499 g/mol. The smallest absolute Gasteiger partial charge is 0.255 e. The Morgan fingerprint density at radius 3 is 2.63 bits per heavy atom. The third-order valence-corrected chi connectivity index (χ3v) is 6.68. The van der Waals surface area contributed by atoms with Gasteiger partial charge in [-0.25, -0.2) is 4.52 Å². The van der Waals surface area contributed by atoms with Crippen molar-refractivity contribution >= 4 is 22.3 Å². The molecule has 186 valence electrons. The summed E-state index contributed by atoms with van der Waals surface area (Å²) in [6.07, 6.45) is 5.50. The Bertz CT molecular complexity index is 1860. The molecule has 0 aliphatic carbocycles. The molecule has 1 amide bonds. The lowest BCUT2D eigenvalue weighted by Gasteiger charge is -2.16. The molecular formula is C31H26N6O. The first-order valence-corrected chi connectivity index (χ1v) is 12.4. The van der Waals surface area contributed by atoms with E-state index >= 15 is 0 Å². The van der Waals surface area contributed by atoms with Gasteiger partial charge in [0.15, 0.2) is 0 Å². The van der Waals surface area contributed by atoms with Gasteiger partial charge in [-0.15, -0.1) is 0 Å². The second-order valence-electron chi connectivity index (χ2n) is 9.35. The number of rotatable bonds is 4. The molecule has 0 saturated carbocycles. The molecule has 6 aromatic rings. The zero-order valence-electron chi connectivity index (χ0n) is 21.4. The van der Waals surface area contributed by atoms with Crippen molar-refractivity contribution in [3.8, 4) is 23.0 Å². The fourth-order valence-electron chi connectivity index (χ4n) is 4.97. The predicted octanol–water partition coefficient (Wildman–Crippen LogP) is 5.42. The van der Waals surface area contributed by atoms with E-state index in [0.29, 0.717) is 11.3 Å². The fourth-order valence-corrected chi connectivity index (χ4v) is 4.97. The van der Waals surface area contributed by atoms with Crippen LogP contribution in [0, 0.1) is 18.8 Å². The summed E-state index contributed by atoms with van der Waals surface area (Å²) in [5, 5.41) is 13.0. The standard InChI is InChI=1S/C31H26N6O/c1-20-27(26-14-7-8-17-37(26)35-20)31(38)33-21(2)30-29(23-10-5-4-6-11-23)28-24(12-9-13-25(28)34-30)16-15-22-18-32-36(3)19-22/h4-14,17-19,21,34H,1-3H3,(H,33,38)/t21-/m0/s1. The van der Waals surface area contributed by atoms with E-state index in [1.165, 1.54) is 0 Å². The van der Waals surface area contributed by atoms with Crippen molar-refractivity contribution in [2.45, 2.75) is 19.9 Å². The Morgan fingerprint density at radius 2 is 1.84 bits per heavy atom. The molecule has 2 N–H and O–H groups in total. The molecule has 1 atom stereocenters.